The summed E-state index contributed by atoms with van der Waals surface area (Å²) in [5, 5.41) is 11.8. The molecule has 0 radical (unpaired) electrons. The van der Waals surface area contributed by atoms with Gasteiger partial charge in [0, 0.05) is 6.04 Å². The number of nitrogens with one attached hydrogen (secondary N) is 1. The minimum absolute atomic E-state index is 0.00838. The smallest absolute Gasteiger partial charge is 0.371 e. The van der Waals surface area contributed by atoms with Gasteiger partial charge in [-0.1, -0.05) is 6.92 Å². The highest BCUT2D eigenvalue weighted by Crippen LogP contribution is 2.07. The summed E-state index contributed by atoms with van der Waals surface area (Å²) in [7, 11) is 0. The molecule has 0 aliphatic rings. The van der Waals surface area contributed by atoms with Gasteiger partial charge in [-0.05, 0) is 25.5 Å². The quantitative estimate of drug-likeness (QED) is 0.756. The molecule has 1 aromatic rings. The summed E-state index contributed by atoms with van der Waals surface area (Å²) >= 11 is 0. The van der Waals surface area contributed by atoms with E-state index in [1.54, 1.807) is 6.07 Å². The van der Waals surface area contributed by atoms with Gasteiger partial charge in [-0.2, -0.15) is 0 Å². The molecule has 0 aliphatic heterocycles. The maximum absolute atomic E-state index is 10.5. The molecule has 1 rings (SSSR count). The zero-order chi connectivity index (χ0) is 10.6. The van der Waals surface area contributed by atoms with E-state index in [9.17, 15) is 4.79 Å². The van der Waals surface area contributed by atoms with Crippen molar-refractivity contribution in [2.45, 2.75) is 32.9 Å². The zero-order valence-electron chi connectivity index (χ0n) is 8.41. The van der Waals surface area contributed by atoms with Gasteiger partial charge in [0.15, 0.2) is 0 Å². The molecule has 1 aromatic heterocycles. The molecule has 78 valence electrons. The molecule has 4 heteroatoms. The van der Waals surface area contributed by atoms with Gasteiger partial charge in [-0.25, -0.2) is 4.79 Å². The molecule has 0 saturated carbocycles. The number of hydrogen-bond acceptors (Lipinski definition) is 3. The van der Waals surface area contributed by atoms with Crippen LogP contribution in [-0.2, 0) is 6.54 Å². The Balaban J connectivity index is 2.48. The molecule has 1 unspecified atom stereocenters. The highest BCUT2D eigenvalue weighted by molar-refractivity contribution is 5.84. The van der Waals surface area contributed by atoms with Crippen molar-refractivity contribution >= 4 is 5.97 Å². The van der Waals surface area contributed by atoms with E-state index in [1.807, 2.05) is 0 Å². The minimum Gasteiger partial charge on any atom is -0.475 e. The van der Waals surface area contributed by atoms with Crippen LogP contribution in [-0.4, -0.2) is 17.1 Å². The van der Waals surface area contributed by atoms with Crippen molar-refractivity contribution in [3.63, 3.8) is 0 Å². The number of furan rings is 1. The monoisotopic (exact) mass is 197 g/mol. The summed E-state index contributed by atoms with van der Waals surface area (Å²) in [4.78, 5) is 10.5. The topological polar surface area (TPSA) is 62.5 Å². The predicted molar refractivity (Wildman–Crippen MR) is 52.3 cm³/mol. The predicted octanol–water partition coefficient (Wildman–Crippen LogP) is 1.87. The molecule has 0 aliphatic carbocycles. The highest BCUT2D eigenvalue weighted by atomic mass is 16.4. The first-order valence-corrected chi connectivity index (χ1v) is 4.69. The third-order valence-corrected chi connectivity index (χ3v) is 2.11. The lowest BCUT2D eigenvalue weighted by Crippen LogP contribution is -2.24. The lowest BCUT2D eigenvalue weighted by atomic mass is 10.2. The average Bonchev–Trinajstić information content (AvgIpc) is 2.62. The second kappa shape index (κ2) is 4.81. The Hall–Kier alpha value is -1.29. The van der Waals surface area contributed by atoms with Crippen molar-refractivity contribution in [3.8, 4) is 0 Å². The third-order valence-electron chi connectivity index (χ3n) is 2.11. The van der Waals surface area contributed by atoms with Gasteiger partial charge in [0.2, 0.25) is 5.76 Å². The van der Waals surface area contributed by atoms with Gasteiger partial charge in [0.1, 0.15) is 5.76 Å². The number of rotatable bonds is 5. The van der Waals surface area contributed by atoms with Crippen LogP contribution in [0, 0.1) is 0 Å². The molecule has 2 N–H and O–H groups in total. The Bertz CT molecular complexity index is 306. The first kappa shape index (κ1) is 10.8. The van der Waals surface area contributed by atoms with E-state index < -0.39 is 5.97 Å². The first-order valence-electron chi connectivity index (χ1n) is 4.69. The largest absolute Gasteiger partial charge is 0.475 e. The van der Waals surface area contributed by atoms with E-state index in [0.29, 0.717) is 18.3 Å². The van der Waals surface area contributed by atoms with E-state index >= 15 is 0 Å². The van der Waals surface area contributed by atoms with Crippen LogP contribution in [0.25, 0.3) is 0 Å². The van der Waals surface area contributed by atoms with Crippen molar-refractivity contribution in [1.29, 1.82) is 0 Å². The Morgan fingerprint density at radius 1 is 1.64 bits per heavy atom. The molecule has 1 heterocycles. The summed E-state index contributed by atoms with van der Waals surface area (Å²) in [6, 6.07) is 3.56. The molecule has 4 nitrogen and oxygen atoms in total. The summed E-state index contributed by atoms with van der Waals surface area (Å²) < 4.78 is 5.08. The Kier molecular flexibility index (Phi) is 3.71. The summed E-state index contributed by atoms with van der Waals surface area (Å²) in [5.41, 5.74) is 0. The third kappa shape index (κ3) is 2.88. The van der Waals surface area contributed by atoms with E-state index in [0.717, 1.165) is 6.42 Å². The summed E-state index contributed by atoms with van der Waals surface area (Å²) in [5.74, 6) is -0.381. The van der Waals surface area contributed by atoms with Crippen molar-refractivity contribution in [2.75, 3.05) is 0 Å². The SMILES string of the molecule is CCC(C)NCc1ccc(C(=O)O)o1. The van der Waals surface area contributed by atoms with Crippen LogP contribution in [0.4, 0.5) is 0 Å². The van der Waals surface area contributed by atoms with Gasteiger partial charge in [-0.15, -0.1) is 0 Å². The molecule has 0 saturated heterocycles. The van der Waals surface area contributed by atoms with Crippen molar-refractivity contribution in [1.82, 2.24) is 5.32 Å². The van der Waals surface area contributed by atoms with E-state index in [1.165, 1.54) is 6.07 Å². The van der Waals surface area contributed by atoms with Gasteiger partial charge in [-0.3, -0.25) is 0 Å². The number of hydrogen-bond donors (Lipinski definition) is 2. The van der Waals surface area contributed by atoms with E-state index in [4.69, 9.17) is 9.52 Å². The fraction of sp³-hybridized carbons (Fsp3) is 0.500. The molecule has 0 amide bonds. The second-order valence-electron chi connectivity index (χ2n) is 3.26. The fourth-order valence-corrected chi connectivity index (χ4v) is 1.01. The molecular weight excluding hydrogens is 182 g/mol. The van der Waals surface area contributed by atoms with Crippen LogP contribution in [0.5, 0.6) is 0 Å². The molecule has 0 fully saturated rings. The maximum atomic E-state index is 10.5. The van der Waals surface area contributed by atoms with Crippen LogP contribution in [0.15, 0.2) is 16.5 Å². The maximum Gasteiger partial charge on any atom is 0.371 e. The Morgan fingerprint density at radius 2 is 2.36 bits per heavy atom. The molecule has 1 atom stereocenters. The Morgan fingerprint density at radius 3 is 2.86 bits per heavy atom. The fourth-order valence-electron chi connectivity index (χ4n) is 1.01. The standard InChI is InChI=1S/C10H15NO3/c1-3-7(2)11-6-8-4-5-9(14-8)10(12)13/h4-5,7,11H,3,6H2,1-2H3,(H,12,13). The van der Waals surface area contributed by atoms with Crippen LogP contribution in [0.3, 0.4) is 0 Å². The van der Waals surface area contributed by atoms with Crippen LogP contribution in [0.2, 0.25) is 0 Å². The van der Waals surface area contributed by atoms with Crippen molar-refractivity contribution in [3.05, 3.63) is 23.7 Å². The summed E-state index contributed by atoms with van der Waals surface area (Å²) in [6.07, 6.45) is 1.03. The zero-order valence-corrected chi connectivity index (χ0v) is 8.41. The van der Waals surface area contributed by atoms with Gasteiger partial charge >= 0.3 is 5.97 Å². The van der Waals surface area contributed by atoms with Gasteiger partial charge in [0.25, 0.3) is 0 Å². The van der Waals surface area contributed by atoms with Crippen LogP contribution < -0.4 is 5.32 Å². The Labute approximate surface area is 82.9 Å². The highest BCUT2D eigenvalue weighted by Gasteiger charge is 2.08. The summed E-state index contributed by atoms with van der Waals surface area (Å²) in [6.45, 7) is 4.73. The molecule has 0 bridgehead atoms. The number of aromatic carboxylic acids is 1. The molecule has 0 aromatic carbocycles. The first-order chi connectivity index (χ1) is 6.63. The number of carbonyl (C=O) groups is 1. The number of carboxylic acid groups (broad SMARTS) is 1. The number of carboxylic acids is 1. The molecule has 0 spiro atoms. The van der Waals surface area contributed by atoms with E-state index in [-0.39, 0.29) is 5.76 Å². The average molecular weight is 197 g/mol. The van der Waals surface area contributed by atoms with Crippen molar-refractivity contribution < 1.29 is 14.3 Å². The minimum atomic E-state index is -1.03. The van der Waals surface area contributed by atoms with Gasteiger partial charge in [0.05, 0.1) is 6.54 Å². The van der Waals surface area contributed by atoms with Crippen LogP contribution in [0.1, 0.15) is 36.6 Å². The van der Waals surface area contributed by atoms with E-state index in [2.05, 4.69) is 19.2 Å². The normalized spacial score (nSPS) is 12.7. The van der Waals surface area contributed by atoms with Crippen LogP contribution >= 0.6 is 0 Å². The molecule has 14 heavy (non-hydrogen) atoms. The van der Waals surface area contributed by atoms with Gasteiger partial charge < -0.3 is 14.8 Å². The lowest BCUT2D eigenvalue weighted by Gasteiger charge is -2.08. The van der Waals surface area contributed by atoms with Crippen molar-refractivity contribution in [2.24, 2.45) is 0 Å². The molecular formula is C10H15NO3. The lowest BCUT2D eigenvalue weighted by molar-refractivity contribution is 0.0660. The second-order valence-corrected chi connectivity index (χ2v) is 3.26.